The minimum atomic E-state index is -0.315. The number of fused-ring (bicyclic) bond motifs is 1. The zero-order chi connectivity index (χ0) is 15.1. The number of rotatable bonds is 2. The number of aryl methyl sites for hydroxylation is 1. The number of hydrogen-bond donors (Lipinski definition) is 1. The van der Waals surface area contributed by atoms with Gasteiger partial charge >= 0.3 is 6.09 Å². The molecule has 1 N–H and O–H groups in total. The lowest BCUT2D eigenvalue weighted by Gasteiger charge is -2.21. The fourth-order valence-electron chi connectivity index (χ4n) is 2.90. The fraction of sp³-hybridized carbons (Fsp3) is 0.176. The molecular formula is C17H15N3O2. The van der Waals surface area contributed by atoms with E-state index < -0.39 is 0 Å². The van der Waals surface area contributed by atoms with E-state index in [-0.39, 0.29) is 12.1 Å². The molecule has 110 valence electrons. The molecule has 22 heavy (non-hydrogen) atoms. The zero-order valence-electron chi connectivity index (χ0n) is 12.1. The van der Waals surface area contributed by atoms with Crippen LogP contribution in [0, 0.1) is 6.92 Å². The van der Waals surface area contributed by atoms with Crippen molar-refractivity contribution in [3.8, 4) is 0 Å². The third kappa shape index (κ3) is 2.02. The molecule has 0 aliphatic carbocycles. The molecule has 0 saturated carbocycles. The molecular weight excluding hydrogens is 278 g/mol. The van der Waals surface area contributed by atoms with Crippen LogP contribution in [-0.2, 0) is 4.74 Å². The average Bonchev–Trinajstić information content (AvgIpc) is 3.09. The monoisotopic (exact) mass is 293 g/mol. The van der Waals surface area contributed by atoms with Crippen LogP contribution in [0.2, 0.25) is 0 Å². The van der Waals surface area contributed by atoms with Gasteiger partial charge in [-0.3, -0.25) is 4.90 Å². The standard InChI is InChI=1S/C17H15N3O2/c1-11-18-14-8-7-13(9-15(14)19-11)20-16(10-22-17(20)21)12-5-3-2-4-6-12/h2-9,16H,10H2,1H3,(H,18,19). The summed E-state index contributed by atoms with van der Waals surface area (Å²) in [5.74, 6) is 0.857. The Bertz CT molecular complexity index is 841. The van der Waals surface area contributed by atoms with Crippen LogP contribution in [0.3, 0.4) is 0 Å². The lowest BCUT2D eigenvalue weighted by molar-refractivity contribution is 0.179. The highest BCUT2D eigenvalue weighted by atomic mass is 16.6. The maximum atomic E-state index is 12.2. The van der Waals surface area contributed by atoms with Crippen LogP contribution < -0.4 is 4.90 Å². The van der Waals surface area contributed by atoms with Crippen molar-refractivity contribution in [1.82, 2.24) is 9.97 Å². The molecule has 0 spiro atoms. The van der Waals surface area contributed by atoms with E-state index >= 15 is 0 Å². The lowest BCUT2D eigenvalue weighted by atomic mass is 10.1. The highest BCUT2D eigenvalue weighted by Crippen LogP contribution is 2.34. The third-order valence-electron chi connectivity index (χ3n) is 3.92. The number of ether oxygens (including phenoxy) is 1. The Kier molecular flexibility index (Phi) is 2.85. The van der Waals surface area contributed by atoms with Crippen LogP contribution in [-0.4, -0.2) is 22.7 Å². The number of amides is 1. The van der Waals surface area contributed by atoms with E-state index in [1.807, 2.05) is 55.5 Å². The first-order valence-electron chi connectivity index (χ1n) is 7.20. The first kappa shape index (κ1) is 12.9. The molecule has 1 fully saturated rings. The molecule has 1 aromatic heterocycles. The van der Waals surface area contributed by atoms with Crippen molar-refractivity contribution in [2.24, 2.45) is 0 Å². The number of carbonyl (C=O) groups excluding carboxylic acids is 1. The number of carbonyl (C=O) groups is 1. The Balaban J connectivity index is 1.78. The van der Waals surface area contributed by atoms with E-state index in [9.17, 15) is 4.79 Å². The van der Waals surface area contributed by atoms with Crippen molar-refractivity contribution in [1.29, 1.82) is 0 Å². The lowest BCUT2D eigenvalue weighted by Crippen LogP contribution is -2.27. The van der Waals surface area contributed by atoms with Gasteiger partial charge in [0.05, 0.1) is 22.8 Å². The first-order valence-corrected chi connectivity index (χ1v) is 7.20. The second-order valence-corrected chi connectivity index (χ2v) is 5.40. The van der Waals surface area contributed by atoms with E-state index in [1.54, 1.807) is 4.90 Å². The number of nitrogens with one attached hydrogen (secondary N) is 1. The van der Waals surface area contributed by atoms with E-state index in [0.29, 0.717) is 6.61 Å². The molecule has 1 aliphatic rings. The second-order valence-electron chi connectivity index (χ2n) is 5.40. The maximum absolute atomic E-state index is 12.2. The van der Waals surface area contributed by atoms with Crippen molar-refractivity contribution < 1.29 is 9.53 Å². The van der Waals surface area contributed by atoms with Crippen molar-refractivity contribution in [3.05, 3.63) is 59.9 Å². The number of imidazole rings is 1. The van der Waals surface area contributed by atoms with E-state index in [1.165, 1.54) is 0 Å². The summed E-state index contributed by atoms with van der Waals surface area (Å²) in [5.41, 5.74) is 3.69. The number of cyclic esters (lactones) is 1. The van der Waals surface area contributed by atoms with Gasteiger partial charge in [0.15, 0.2) is 0 Å². The molecule has 3 aromatic rings. The summed E-state index contributed by atoms with van der Waals surface area (Å²) in [4.78, 5) is 21.5. The fourth-order valence-corrected chi connectivity index (χ4v) is 2.90. The number of aromatic amines is 1. The molecule has 4 rings (SSSR count). The molecule has 1 unspecified atom stereocenters. The highest BCUT2D eigenvalue weighted by molar-refractivity contribution is 5.93. The molecule has 2 aromatic carbocycles. The average molecular weight is 293 g/mol. The molecule has 1 atom stereocenters. The number of aromatic nitrogens is 2. The molecule has 2 heterocycles. The van der Waals surface area contributed by atoms with Crippen LogP contribution in [0.5, 0.6) is 0 Å². The van der Waals surface area contributed by atoms with Crippen molar-refractivity contribution >= 4 is 22.8 Å². The Morgan fingerprint density at radius 1 is 1.23 bits per heavy atom. The predicted octanol–water partition coefficient (Wildman–Crippen LogP) is 3.57. The summed E-state index contributed by atoms with van der Waals surface area (Å²) in [7, 11) is 0. The molecule has 0 bridgehead atoms. The van der Waals surface area contributed by atoms with Crippen LogP contribution >= 0.6 is 0 Å². The highest BCUT2D eigenvalue weighted by Gasteiger charge is 2.35. The number of H-pyrrole nitrogens is 1. The van der Waals surface area contributed by atoms with Crippen LogP contribution in [0.15, 0.2) is 48.5 Å². The number of nitrogens with zero attached hydrogens (tertiary/aromatic N) is 2. The largest absolute Gasteiger partial charge is 0.447 e. The summed E-state index contributed by atoms with van der Waals surface area (Å²) >= 11 is 0. The maximum Gasteiger partial charge on any atom is 0.415 e. The van der Waals surface area contributed by atoms with Crippen LogP contribution in [0.25, 0.3) is 11.0 Å². The second kappa shape index (κ2) is 4.87. The van der Waals surface area contributed by atoms with Gasteiger partial charge in [-0.25, -0.2) is 9.78 Å². The summed E-state index contributed by atoms with van der Waals surface area (Å²) < 4.78 is 5.27. The van der Waals surface area contributed by atoms with Crippen LogP contribution in [0.4, 0.5) is 10.5 Å². The van der Waals surface area contributed by atoms with Gasteiger partial charge in [0.2, 0.25) is 0 Å². The smallest absolute Gasteiger partial charge is 0.415 e. The molecule has 1 amide bonds. The number of anilines is 1. The first-order chi connectivity index (χ1) is 10.7. The number of hydrogen-bond acceptors (Lipinski definition) is 3. The van der Waals surface area contributed by atoms with Crippen molar-refractivity contribution in [2.75, 3.05) is 11.5 Å². The Labute approximate surface area is 127 Å². The van der Waals surface area contributed by atoms with Gasteiger partial charge < -0.3 is 9.72 Å². The van der Waals surface area contributed by atoms with Crippen molar-refractivity contribution in [3.63, 3.8) is 0 Å². The molecule has 5 heteroatoms. The normalized spacial score (nSPS) is 18.0. The zero-order valence-corrected chi connectivity index (χ0v) is 12.1. The Morgan fingerprint density at radius 3 is 2.86 bits per heavy atom. The summed E-state index contributed by atoms with van der Waals surface area (Å²) in [6.45, 7) is 2.28. The van der Waals surface area contributed by atoms with Gasteiger partial charge in [0, 0.05) is 0 Å². The predicted molar refractivity (Wildman–Crippen MR) is 83.8 cm³/mol. The molecule has 1 aliphatic heterocycles. The number of benzene rings is 2. The summed E-state index contributed by atoms with van der Waals surface area (Å²) in [6.07, 6.45) is -0.315. The van der Waals surface area contributed by atoms with Gasteiger partial charge in [0.1, 0.15) is 12.4 Å². The minimum Gasteiger partial charge on any atom is -0.447 e. The SMILES string of the molecule is Cc1nc2ccc(N3C(=O)OCC3c3ccccc3)cc2[nH]1. The van der Waals surface area contributed by atoms with Gasteiger partial charge in [-0.05, 0) is 30.7 Å². The third-order valence-corrected chi connectivity index (χ3v) is 3.92. The quantitative estimate of drug-likeness (QED) is 0.785. The Hall–Kier alpha value is -2.82. The Morgan fingerprint density at radius 2 is 2.05 bits per heavy atom. The molecule has 5 nitrogen and oxygen atoms in total. The minimum absolute atomic E-state index is 0.102. The van der Waals surface area contributed by atoms with E-state index in [4.69, 9.17) is 4.74 Å². The van der Waals surface area contributed by atoms with Crippen LogP contribution in [0.1, 0.15) is 17.4 Å². The topological polar surface area (TPSA) is 58.2 Å². The molecule has 0 radical (unpaired) electrons. The summed E-state index contributed by atoms with van der Waals surface area (Å²) in [6, 6.07) is 15.6. The van der Waals surface area contributed by atoms with E-state index in [0.717, 1.165) is 28.1 Å². The van der Waals surface area contributed by atoms with E-state index in [2.05, 4.69) is 9.97 Å². The molecule has 1 saturated heterocycles. The van der Waals surface area contributed by atoms with Gasteiger partial charge in [-0.2, -0.15) is 0 Å². The van der Waals surface area contributed by atoms with Gasteiger partial charge in [-0.1, -0.05) is 30.3 Å². The van der Waals surface area contributed by atoms with Gasteiger partial charge in [0.25, 0.3) is 0 Å². The summed E-state index contributed by atoms with van der Waals surface area (Å²) in [5, 5.41) is 0. The van der Waals surface area contributed by atoms with Crippen molar-refractivity contribution in [2.45, 2.75) is 13.0 Å². The van der Waals surface area contributed by atoms with Gasteiger partial charge in [-0.15, -0.1) is 0 Å².